The molecular weight excluding hydrogens is 258 g/mol. The summed E-state index contributed by atoms with van der Waals surface area (Å²) in [5.41, 5.74) is 2.81. The molecule has 1 aromatic carbocycles. The van der Waals surface area contributed by atoms with Crippen LogP contribution in [0.1, 0.15) is 63.6 Å². The van der Waals surface area contributed by atoms with Gasteiger partial charge < -0.3 is 10.4 Å². The first-order valence-electron chi connectivity index (χ1n) is 8.55. The highest BCUT2D eigenvalue weighted by molar-refractivity contribution is 5.25. The fraction of sp³-hybridized carbons (Fsp3) is 0.684. The molecule has 0 aromatic heterocycles. The van der Waals surface area contributed by atoms with Crippen LogP contribution in [-0.2, 0) is 6.42 Å². The van der Waals surface area contributed by atoms with Crippen LogP contribution in [0, 0.1) is 11.8 Å². The Bertz CT molecular complexity index is 404. The largest absolute Gasteiger partial charge is 0.393 e. The van der Waals surface area contributed by atoms with Gasteiger partial charge in [-0.05, 0) is 68.5 Å². The van der Waals surface area contributed by atoms with Crippen LogP contribution in [0.2, 0.25) is 0 Å². The standard InChI is InChI=1S/C19H31NO/c1-14(2)12-16-4-8-18(9-5-16)15(3)20-13-17-6-10-19(21)11-7-17/h4-5,8-9,14-15,17,19-21H,6-7,10-13H2,1-3H3. The van der Waals surface area contributed by atoms with Gasteiger partial charge in [0.05, 0.1) is 6.10 Å². The summed E-state index contributed by atoms with van der Waals surface area (Å²) in [7, 11) is 0. The third-order valence-electron chi connectivity index (χ3n) is 4.65. The lowest BCUT2D eigenvalue weighted by atomic mass is 9.87. The molecule has 2 nitrogen and oxygen atoms in total. The van der Waals surface area contributed by atoms with Crippen molar-refractivity contribution in [3.8, 4) is 0 Å². The van der Waals surface area contributed by atoms with Crippen LogP contribution < -0.4 is 5.32 Å². The molecule has 0 radical (unpaired) electrons. The molecule has 118 valence electrons. The van der Waals surface area contributed by atoms with Crippen LogP contribution in [0.15, 0.2) is 24.3 Å². The van der Waals surface area contributed by atoms with Crippen molar-refractivity contribution in [2.75, 3.05) is 6.54 Å². The highest BCUT2D eigenvalue weighted by Gasteiger charge is 2.19. The number of hydrogen-bond donors (Lipinski definition) is 2. The van der Waals surface area contributed by atoms with Crippen LogP contribution >= 0.6 is 0 Å². The van der Waals surface area contributed by atoms with Gasteiger partial charge in [-0.15, -0.1) is 0 Å². The predicted molar refractivity (Wildman–Crippen MR) is 89.4 cm³/mol. The van der Waals surface area contributed by atoms with E-state index in [9.17, 15) is 5.11 Å². The molecule has 1 aromatic rings. The minimum atomic E-state index is -0.0489. The second kappa shape index (κ2) is 7.95. The van der Waals surface area contributed by atoms with E-state index in [1.165, 1.54) is 11.1 Å². The van der Waals surface area contributed by atoms with Crippen molar-refractivity contribution in [1.82, 2.24) is 5.32 Å². The monoisotopic (exact) mass is 289 g/mol. The first kappa shape index (κ1) is 16.5. The van der Waals surface area contributed by atoms with Gasteiger partial charge in [0.1, 0.15) is 0 Å². The maximum Gasteiger partial charge on any atom is 0.0540 e. The van der Waals surface area contributed by atoms with Gasteiger partial charge in [0.2, 0.25) is 0 Å². The third kappa shape index (κ3) is 5.44. The van der Waals surface area contributed by atoms with Gasteiger partial charge in [-0.3, -0.25) is 0 Å². The van der Waals surface area contributed by atoms with E-state index >= 15 is 0 Å². The Morgan fingerprint density at radius 1 is 1.05 bits per heavy atom. The van der Waals surface area contributed by atoms with Gasteiger partial charge in [0.15, 0.2) is 0 Å². The summed E-state index contributed by atoms with van der Waals surface area (Å²) in [6, 6.07) is 9.47. The number of nitrogens with one attached hydrogen (secondary N) is 1. The molecule has 2 N–H and O–H groups in total. The number of hydrogen-bond acceptors (Lipinski definition) is 2. The molecule has 1 aliphatic carbocycles. The van der Waals surface area contributed by atoms with E-state index in [1.807, 2.05) is 0 Å². The Balaban J connectivity index is 1.78. The summed E-state index contributed by atoms with van der Waals surface area (Å²) >= 11 is 0. The smallest absolute Gasteiger partial charge is 0.0540 e. The fourth-order valence-corrected chi connectivity index (χ4v) is 3.22. The van der Waals surface area contributed by atoms with E-state index < -0.39 is 0 Å². The van der Waals surface area contributed by atoms with Gasteiger partial charge in [0.25, 0.3) is 0 Å². The second-order valence-electron chi connectivity index (χ2n) is 7.14. The molecule has 0 bridgehead atoms. The average Bonchev–Trinajstić information content (AvgIpc) is 2.46. The maximum absolute atomic E-state index is 9.55. The SMILES string of the molecule is CC(C)Cc1ccc(C(C)NCC2CCC(O)CC2)cc1. The van der Waals surface area contributed by atoms with E-state index in [0.29, 0.717) is 12.0 Å². The number of rotatable bonds is 6. The van der Waals surface area contributed by atoms with Gasteiger partial charge in [0, 0.05) is 6.04 Å². The lowest BCUT2D eigenvalue weighted by molar-refractivity contribution is 0.108. The summed E-state index contributed by atoms with van der Waals surface area (Å²) in [5.74, 6) is 1.45. The van der Waals surface area contributed by atoms with Crippen molar-refractivity contribution in [3.05, 3.63) is 35.4 Å². The Hall–Kier alpha value is -0.860. The molecule has 0 spiro atoms. The van der Waals surface area contributed by atoms with Crippen molar-refractivity contribution in [1.29, 1.82) is 0 Å². The fourth-order valence-electron chi connectivity index (χ4n) is 3.22. The number of aliphatic hydroxyl groups excluding tert-OH is 1. The summed E-state index contributed by atoms with van der Waals surface area (Å²) in [4.78, 5) is 0. The summed E-state index contributed by atoms with van der Waals surface area (Å²) in [6.07, 6.45) is 5.39. The molecule has 0 saturated heterocycles. The van der Waals surface area contributed by atoms with Crippen LogP contribution in [0.3, 0.4) is 0 Å². The number of benzene rings is 1. The van der Waals surface area contributed by atoms with E-state index in [1.54, 1.807) is 0 Å². The molecule has 1 unspecified atom stereocenters. The quantitative estimate of drug-likeness (QED) is 0.827. The topological polar surface area (TPSA) is 32.3 Å². The van der Waals surface area contributed by atoms with Crippen molar-refractivity contribution in [2.24, 2.45) is 11.8 Å². The van der Waals surface area contributed by atoms with E-state index in [-0.39, 0.29) is 6.10 Å². The van der Waals surface area contributed by atoms with Gasteiger partial charge >= 0.3 is 0 Å². The van der Waals surface area contributed by atoms with E-state index in [2.05, 4.69) is 50.4 Å². The van der Waals surface area contributed by atoms with Gasteiger partial charge in [-0.1, -0.05) is 38.1 Å². The zero-order valence-electron chi connectivity index (χ0n) is 13.8. The molecule has 0 heterocycles. The molecule has 1 saturated carbocycles. The van der Waals surface area contributed by atoms with Crippen molar-refractivity contribution >= 4 is 0 Å². The first-order chi connectivity index (χ1) is 10.0. The molecular formula is C19H31NO. The zero-order valence-corrected chi connectivity index (χ0v) is 13.8. The second-order valence-corrected chi connectivity index (χ2v) is 7.14. The molecule has 0 amide bonds. The Kier molecular flexibility index (Phi) is 6.25. The molecule has 0 aliphatic heterocycles. The van der Waals surface area contributed by atoms with Crippen molar-refractivity contribution in [2.45, 2.75) is 65.0 Å². The summed E-state index contributed by atoms with van der Waals surface area (Å²) in [5, 5.41) is 13.2. The van der Waals surface area contributed by atoms with Crippen molar-refractivity contribution in [3.63, 3.8) is 0 Å². The van der Waals surface area contributed by atoms with Crippen LogP contribution in [0.25, 0.3) is 0 Å². The Morgan fingerprint density at radius 2 is 1.67 bits per heavy atom. The summed E-state index contributed by atoms with van der Waals surface area (Å²) in [6.45, 7) is 7.84. The lowest BCUT2D eigenvalue weighted by Gasteiger charge is -2.27. The first-order valence-corrected chi connectivity index (χ1v) is 8.55. The minimum absolute atomic E-state index is 0.0489. The normalized spacial score (nSPS) is 24.2. The Morgan fingerprint density at radius 3 is 2.24 bits per heavy atom. The minimum Gasteiger partial charge on any atom is -0.393 e. The van der Waals surface area contributed by atoms with Crippen LogP contribution in [-0.4, -0.2) is 17.8 Å². The highest BCUT2D eigenvalue weighted by Crippen LogP contribution is 2.24. The number of aliphatic hydroxyl groups is 1. The van der Waals surface area contributed by atoms with E-state index in [4.69, 9.17) is 0 Å². The van der Waals surface area contributed by atoms with E-state index in [0.717, 1.165) is 44.6 Å². The molecule has 21 heavy (non-hydrogen) atoms. The van der Waals surface area contributed by atoms with Crippen LogP contribution in [0.4, 0.5) is 0 Å². The Labute approximate surface area is 130 Å². The van der Waals surface area contributed by atoms with Crippen molar-refractivity contribution < 1.29 is 5.11 Å². The molecule has 1 atom stereocenters. The highest BCUT2D eigenvalue weighted by atomic mass is 16.3. The zero-order chi connectivity index (χ0) is 15.2. The van der Waals surface area contributed by atoms with Gasteiger partial charge in [-0.2, -0.15) is 0 Å². The van der Waals surface area contributed by atoms with Crippen LogP contribution in [0.5, 0.6) is 0 Å². The summed E-state index contributed by atoms with van der Waals surface area (Å²) < 4.78 is 0. The molecule has 2 rings (SSSR count). The average molecular weight is 289 g/mol. The third-order valence-corrected chi connectivity index (χ3v) is 4.65. The lowest BCUT2D eigenvalue weighted by Crippen LogP contribution is -2.29. The maximum atomic E-state index is 9.55. The molecule has 1 fully saturated rings. The predicted octanol–water partition coefficient (Wildman–Crippen LogP) is 4.09. The van der Waals surface area contributed by atoms with Gasteiger partial charge in [-0.25, -0.2) is 0 Å². The molecule has 2 heteroatoms. The molecule has 1 aliphatic rings.